The Morgan fingerprint density at radius 1 is 1.30 bits per heavy atom. The number of ether oxygens (including phenoxy) is 1. The Labute approximate surface area is 121 Å². The van der Waals surface area contributed by atoms with Crippen LogP contribution in [0.2, 0.25) is 5.02 Å². The summed E-state index contributed by atoms with van der Waals surface area (Å²) in [6.07, 6.45) is 0.418. The van der Waals surface area contributed by atoms with E-state index in [9.17, 15) is 9.59 Å². The van der Waals surface area contributed by atoms with Crippen molar-refractivity contribution in [2.75, 3.05) is 6.61 Å². The predicted molar refractivity (Wildman–Crippen MR) is 75.8 cm³/mol. The number of benzene rings is 1. The minimum Gasteiger partial charge on any atom is -0.466 e. The van der Waals surface area contributed by atoms with Crippen molar-refractivity contribution in [3.63, 3.8) is 0 Å². The second-order valence-electron chi connectivity index (χ2n) is 4.39. The molecule has 1 aromatic carbocycles. The molecule has 0 aliphatic rings. The summed E-state index contributed by atoms with van der Waals surface area (Å²) in [5, 5.41) is 1.39. The molecule has 0 atom stereocenters. The average molecular weight is 295 g/mol. The first kappa shape index (κ1) is 14.6. The highest BCUT2D eigenvalue weighted by Crippen LogP contribution is 2.26. The first-order valence-electron chi connectivity index (χ1n) is 6.44. The van der Waals surface area contributed by atoms with Crippen LogP contribution in [-0.2, 0) is 20.7 Å². The molecule has 2 aromatic rings. The number of Topliss-reactive ketones (excluding diaryl/α,β-unsaturated/α-hetero) is 1. The zero-order valence-electron chi connectivity index (χ0n) is 11.1. The molecule has 0 spiro atoms. The smallest absolute Gasteiger partial charge is 0.306 e. The van der Waals surface area contributed by atoms with Gasteiger partial charge in [-0.05, 0) is 19.1 Å². The van der Waals surface area contributed by atoms with E-state index in [2.05, 4.69) is 0 Å². The summed E-state index contributed by atoms with van der Waals surface area (Å²) in [5.41, 5.74) is 0.586. The minimum absolute atomic E-state index is 0.0618. The van der Waals surface area contributed by atoms with Gasteiger partial charge in [0, 0.05) is 11.8 Å². The maximum absolute atomic E-state index is 11.8. The summed E-state index contributed by atoms with van der Waals surface area (Å²) in [6, 6.07) is 7.23. The SMILES string of the molecule is CCOC(=O)CCC(=O)Cc1cc2cccc(Cl)c2o1. The van der Waals surface area contributed by atoms with Crippen molar-refractivity contribution in [3.05, 3.63) is 35.0 Å². The Kier molecular flexibility index (Phi) is 4.79. The lowest BCUT2D eigenvalue weighted by Gasteiger charge is -2.00. The van der Waals surface area contributed by atoms with E-state index in [0.29, 0.717) is 23.0 Å². The van der Waals surface area contributed by atoms with Crippen LogP contribution in [-0.4, -0.2) is 18.4 Å². The van der Waals surface area contributed by atoms with E-state index in [1.807, 2.05) is 12.1 Å². The van der Waals surface area contributed by atoms with Crippen molar-refractivity contribution < 1.29 is 18.7 Å². The van der Waals surface area contributed by atoms with Crippen molar-refractivity contribution in [2.45, 2.75) is 26.2 Å². The van der Waals surface area contributed by atoms with Gasteiger partial charge >= 0.3 is 5.97 Å². The molecule has 4 nitrogen and oxygen atoms in total. The third kappa shape index (κ3) is 3.61. The van der Waals surface area contributed by atoms with Gasteiger partial charge < -0.3 is 9.15 Å². The van der Waals surface area contributed by atoms with Crippen LogP contribution in [0.1, 0.15) is 25.5 Å². The highest BCUT2D eigenvalue weighted by molar-refractivity contribution is 6.34. The molecule has 0 bridgehead atoms. The quantitative estimate of drug-likeness (QED) is 0.765. The van der Waals surface area contributed by atoms with Gasteiger partial charge in [-0.25, -0.2) is 0 Å². The number of rotatable bonds is 6. The third-order valence-corrected chi connectivity index (χ3v) is 3.13. The number of fused-ring (bicyclic) bond motifs is 1. The molecule has 5 heteroatoms. The second-order valence-corrected chi connectivity index (χ2v) is 4.80. The van der Waals surface area contributed by atoms with Crippen molar-refractivity contribution in [1.29, 1.82) is 0 Å². The molecule has 1 aromatic heterocycles. The third-order valence-electron chi connectivity index (χ3n) is 2.83. The molecule has 0 saturated heterocycles. The van der Waals surface area contributed by atoms with Gasteiger partial charge in [-0.2, -0.15) is 0 Å². The molecule has 0 amide bonds. The van der Waals surface area contributed by atoms with E-state index in [-0.39, 0.29) is 31.0 Å². The van der Waals surface area contributed by atoms with Crippen LogP contribution >= 0.6 is 11.6 Å². The van der Waals surface area contributed by atoms with E-state index < -0.39 is 0 Å². The number of hydrogen-bond donors (Lipinski definition) is 0. The van der Waals surface area contributed by atoms with Crippen molar-refractivity contribution in [3.8, 4) is 0 Å². The van der Waals surface area contributed by atoms with Gasteiger partial charge in [0.2, 0.25) is 0 Å². The highest BCUT2D eigenvalue weighted by atomic mass is 35.5. The predicted octanol–water partition coefficient (Wildman–Crippen LogP) is 3.54. The number of para-hydroxylation sites is 1. The van der Waals surface area contributed by atoms with Gasteiger partial charge in [-0.3, -0.25) is 9.59 Å². The van der Waals surface area contributed by atoms with Crippen LogP contribution in [0.25, 0.3) is 11.0 Å². The van der Waals surface area contributed by atoms with Crippen LogP contribution in [0.5, 0.6) is 0 Å². The fourth-order valence-electron chi connectivity index (χ4n) is 1.93. The van der Waals surface area contributed by atoms with Crippen LogP contribution in [0.3, 0.4) is 0 Å². The van der Waals surface area contributed by atoms with Gasteiger partial charge in [0.1, 0.15) is 11.5 Å². The Hall–Kier alpha value is -1.81. The van der Waals surface area contributed by atoms with Crippen LogP contribution in [0.4, 0.5) is 0 Å². The maximum Gasteiger partial charge on any atom is 0.306 e. The molecular weight excluding hydrogens is 280 g/mol. The maximum atomic E-state index is 11.8. The van der Waals surface area contributed by atoms with Crippen molar-refractivity contribution >= 4 is 34.3 Å². The standard InChI is InChI=1S/C15H15ClO4/c1-2-19-14(18)7-6-11(17)9-12-8-10-4-3-5-13(16)15(10)20-12/h3-5,8H,2,6-7,9H2,1H3. The number of ketones is 1. The first-order valence-corrected chi connectivity index (χ1v) is 6.82. The van der Waals surface area contributed by atoms with Gasteiger partial charge in [0.05, 0.1) is 24.5 Å². The molecule has 0 aliphatic heterocycles. The van der Waals surface area contributed by atoms with E-state index >= 15 is 0 Å². The number of furan rings is 1. The van der Waals surface area contributed by atoms with Gasteiger partial charge in [-0.15, -0.1) is 0 Å². The number of carbonyl (C=O) groups excluding carboxylic acids is 2. The minimum atomic E-state index is -0.353. The summed E-state index contributed by atoms with van der Waals surface area (Å²) in [6.45, 7) is 2.06. The van der Waals surface area contributed by atoms with Gasteiger partial charge in [0.15, 0.2) is 5.58 Å². The Bertz CT molecular complexity index is 630. The highest BCUT2D eigenvalue weighted by Gasteiger charge is 2.12. The zero-order chi connectivity index (χ0) is 14.5. The monoisotopic (exact) mass is 294 g/mol. The molecule has 0 N–H and O–H groups in total. The van der Waals surface area contributed by atoms with E-state index in [1.54, 1.807) is 19.1 Å². The average Bonchev–Trinajstić information content (AvgIpc) is 2.81. The Balaban J connectivity index is 1.96. The Morgan fingerprint density at radius 2 is 2.10 bits per heavy atom. The molecule has 0 saturated carbocycles. The number of halogens is 1. The molecule has 0 radical (unpaired) electrons. The normalized spacial score (nSPS) is 10.7. The van der Waals surface area contributed by atoms with Gasteiger partial charge in [-0.1, -0.05) is 23.7 Å². The summed E-state index contributed by atoms with van der Waals surface area (Å²) in [4.78, 5) is 23.0. The molecule has 0 unspecified atom stereocenters. The lowest BCUT2D eigenvalue weighted by atomic mass is 10.1. The number of hydrogen-bond acceptors (Lipinski definition) is 4. The van der Waals surface area contributed by atoms with Crippen LogP contribution < -0.4 is 0 Å². The largest absolute Gasteiger partial charge is 0.466 e. The lowest BCUT2D eigenvalue weighted by molar-refractivity contribution is -0.144. The first-order chi connectivity index (χ1) is 9.60. The summed E-state index contributed by atoms with van der Waals surface area (Å²) >= 11 is 6.00. The zero-order valence-corrected chi connectivity index (χ0v) is 11.9. The Morgan fingerprint density at radius 3 is 2.80 bits per heavy atom. The van der Waals surface area contributed by atoms with Crippen molar-refractivity contribution in [1.82, 2.24) is 0 Å². The second kappa shape index (κ2) is 6.57. The fraction of sp³-hybridized carbons (Fsp3) is 0.333. The van der Waals surface area contributed by atoms with E-state index in [0.717, 1.165) is 5.39 Å². The van der Waals surface area contributed by atoms with Crippen molar-refractivity contribution in [2.24, 2.45) is 0 Å². The van der Waals surface area contributed by atoms with E-state index in [4.69, 9.17) is 20.8 Å². The molecular formula is C15H15ClO4. The number of carbonyl (C=O) groups is 2. The summed E-state index contributed by atoms with van der Waals surface area (Å²) in [7, 11) is 0. The van der Waals surface area contributed by atoms with Crippen LogP contribution in [0, 0.1) is 0 Å². The summed E-state index contributed by atoms with van der Waals surface area (Å²) in [5.74, 6) is 0.142. The molecule has 0 aliphatic carbocycles. The fourth-order valence-corrected chi connectivity index (χ4v) is 2.15. The van der Waals surface area contributed by atoms with Gasteiger partial charge in [0.25, 0.3) is 0 Å². The molecule has 106 valence electrons. The van der Waals surface area contributed by atoms with Crippen LogP contribution in [0.15, 0.2) is 28.7 Å². The lowest BCUT2D eigenvalue weighted by Crippen LogP contribution is -2.09. The molecule has 0 fully saturated rings. The molecule has 1 heterocycles. The molecule has 20 heavy (non-hydrogen) atoms. The molecule has 2 rings (SSSR count). The topological polar surface area (TPSA) is 56.5 Å². The number of esters is 1. The van der Waals surface area contributed by atoms with E-state index in [1.165, 1.54) is 0 Å². The summed E-state index contributed by atoms with van der Waals surface area (Å²) < 4.78 is 10.3.